The third-order valence-corrected chi connectivity index (χ3v) is 2.76. The zero-order valence-electron chi connectivity index (χ0n) is 8.55. The summed E-state index contributed by atoms with van der Waals surface area (Å²) in [7, 11) is 5.87. The lowest BCUT2D eigenvalue weighted by Gasteiger charge is -2.11. The number of carbonyl (C=O) groups excluding carboxylic acids is 1. The Morgan fingerprint density at radius 1 is 1.40 bits per heavy atom. The van der Waals surface area contributed by atoms with E-state index >= 15 is 0 Å². The van der Waals surface area contributed by atoms with E-state index < -0.39 is 0 Å². The molecule has 15 heavy (non-hydrogen) atoms. The summed E-state index contributed by atoms with van der Waals surface area (Å²) in [6.07, 6.45) is 4.39. The maximum atomic E-state index is 11.2. The van der Waals surface area contributed by atoms with Gasteiger partial charge in [-0.25, -0.2) is 0 Å². The van der Waals surface area contributed by atoms with E-state index in [4.69, 9.17) is 7.85 Å². The van der Waals surface area contributed by atoms with Crippen molar-refractivity contribution in [3.63, 3.8) is 0 Å². The minimum absolute atomic E-state index is 0.172. The molecule has 1 aliphatic carbocycles. The van der Waals surface area contributed by atoms with Crippen molar-refractivity contribution >= 4 is 24.9 Å². The SMILES string of the molecule is [B]c1ccc(NC(=O)C=C)c2c1CCC2. The Labute approximate surface area is 90.8 Å². The van der Waals surface area contributed by atoms with Gasteiger partial charge in [-0.15, -0.1) is 0 Å². The van der Waals surface area contributed by atoms with E-state index in [0.29, 0.717) is 0 Å². The van der Waals surface area contributed by atoms with Crippen LogP contribution in [0.4, 0.5) is 5.69 Å². The molecular formula is C12H12BNO. The highest BCUT2D eigenvalue weighted by atomic mass is 16.1. The van der Waals surface area contributed by atoms with Gasteiger partial charge in [0.05, 0.1) is 0 Å². The molecule has 0 aromatic heterocycles. The lowest BCUT2D eigenvalue weighted by atomic mass is 9.88. The second-order valence-corrected chi connectivity index (χ2v) is 3.71. The molecule has 0 spiro atoms. The molecule has 1 aliphatic rings. The summed E-state index contributed by atoms with van der Waals surface area (Å²) in [6.45, 7) is 3.43. The minimum atomic E-state index is -0.172. The standard InChI is InChI=1S/C12H12BNO/c1-2-12(15)14-11-7-6-10(13)8-4-3-5-9(8)11/h2,6-7H,1,3-5H2,(H,14,15). The summed E-state index contributed by atoms with van der Waals surface area (Å²) in [5, 5.41) is 2.81. The topological polar surface area (TPSA) is 29.1 Å². The molecule has 0 saturated heterocycles. The zero-order valence-corrected chi connectivity index (χ0v) is 8.55. The van der Waals surface area contributed by atoms with E-state index in [-0.39, 0.29) is 5.91 Å². The van der Waals surface area contributed by atoms with Crippen LogP contribution in [0.25, 0.3) is 0 Å². The van der Waals surface area contributed by atoms with E-state index in [0.717, 1.165) is 30.4 Å². The van der Waals surface area contributed by atoms with Gasteiger partial charge in [-0.1, -0.05) is 18.1 Å². The van der Waals surface area contributed by atoms with Crippen molar-refractivity contribution in [3.05, 3.63) is 35.9 Å². The number of hydrogen-bond acceptors (Lipinski definition) is 1. The maximum absolute atomic E-state index is 11.2. The number of benzene rings is 1. The van der Waals surface area contributed by atoms with E-state index in [1.807, 2.05) is 12.1 Å². The van der Waals surface area contributed by atoms with Crippen LogP contribution in [0, 0.1) is 0 Å². The van der Waals surface area contributed by atoms with Crippen molar-refractivity contribution in [3.8, 4) is 0 Å². The molecule has 0 aliphatic heterocycles. The fourth-order valence-corrected chi connectivity index (χ4v) is 2.03. The number of fused-ring (bicyclic) bond motifs is 1. The second kappa shape index (κ2) is 3.93. The predicted octanol–water partition coefficient (Wildman–Crippen LogP) is 1.09. The number of rotatable bonds is 2. The normalized spacial score (nSPS) is 13.3. The number of hydrogen-bond donors (Lipinski definition) is 1. The molecule has 3 heteroatoms. The van der Waals surface area contributed by atoms with Crippen molar-refractivity contribution in [1.82, 2.24) is 0 Å². The monoisotopic (exact) mass is 197 g/mol. The van der Waals surface area contributed by atoms with Crippen molar-refractivity contribution in [2.75, 3.05) is 5.32 Å². The second-order valence-electron chi connectivity index (χ2n) is 3.71. The molecule has 1 aromatic carbocycles. The van der Waals surface area contributed by atoms with E-state index in [2.05, 4.69) is 11.9 Å². The molecule has 0 bridgehead atoms. The first kappa shape index (κ1) is 10.0. The van der Waals surface area contributed by atoms with Gasteiger partial charge in [0, 0.05) is 5.69 Å². The highest BCUT2D eigenvalue weighted by molar-refractivity contribution is 6.33. The van der Waals surface area contributed by atoms with Gasteiger partial charge >= 0.3 is 0 Å². The molecule has 74 valence electrons. The summed E-state index contributed by atoms with van der Waals surface area (Å²) < 4.78 is 0. The van der Waals surface area contributed by atoms with Crippen LogP contribution in [-0.2, 0) is 17.6 Å². The number of anilines is 1. The Kier molecular flexibility index (Phi) is 2.63. The molecule has 1 amide bonds. The molecule has 0 heterocycles. The van der Waals surface area contributed by atoms with Gasteiger partial charge in [0.2, 0.25) is 5.91 Å². The van der Waals surface area contributed by atoms with Crippen molar-refractivity contribution in [2.45, 2.75) is 19.3 Å². The Balaban J connectivity index is 2.37. The van der Waals surface area contributed by atoms with Crippen LogP contribution >= 0.6 is 0 Å². The highest BCUT2D eigenvalue weighted by Crippen LogP contribution is 2.27. The predicted molar refractivity (Wildman–Crippen MR) is 62.7 cm³/mol. The van der Waals surface area contributed by atoms with Gasteiger partial charge < -0.3 is 5.32 Å². The van der Waals surface area contributed by atoms with Crippen LogP contribution in [0.15, 0.2) is 24.8 Å². The summed E-state index contributed by atoms with van der Waals surface area (Å²) in [6, 6.07) is 3.71. The fraction of sp³-hybridized carbons (Fsp3) is 0.250. The van der Waals surface area contributed by atoms with Crippen LogP contribution in [0.3, 0.4) is 0 Å². The zero-order chi connectivity index (χ0) is 10.8. The highest BCUT2D eigenvalue weighted by Gasteiger charge is 2.16. The van der Waals surface area contributed by atoms with E-state index in [9.17, 15) is 4.79 Å². The third-order valence-electron chi connectivity index (χ3n) is 2.76. The largest absolute Gasteiger partial charge is 0.322 e. The van der Waals surface area contributed by atoms with Crippen LogP contribution in [0.2, 0.25) is 0 Å². The van der Waals surface area contributed by atoms with Gasteiger partial charge in [0.15, 0.2) is 0 Å². The quantitative estimate of drug-likeness (QED) is 0.558. The first-order chi connectivity index (χ1) is 7.22. The van der Waals surface area contributed by atoms with Gasteiger partial charge in [0.25, 0.3) is 0 Å². The van der Waals surface area contributed by atoms with Gasteiger partial charge in [0.1, 0.15) is 7.85 Å². The average molecular weight is 197 g/mol. The smallest absolute Gasteiger partial charge is 0.247 e. The molecule has 2 radical (unpaired) electrons. The molecule has 0 unspecified atom stereocenters. The van der Waals surface area contributed by atoms with Crippen molar-refractivity contribution < 1.29 is 4.79 Å². The average Bonchev–Trinajstić information content (AvgIpc) is 2.71. The molecule has 0 atom stereocenters. The van der Waals surface area contributed by atoms with Crippen LogP contribution < -0.4 is 10.8 Å². The minimum Gasteiger partial charge on any atom is -0.322 e. The van der Waals surface area contributed by atoms with Gasteiger partial charge in [-0.2, -0.15) is 0 Å². The molecular weight excluding hydrogens is 185 g/mol. The molecule has 0 saturated carbocycles. The summed E-state index contributed by atoms with van der Waals surface area (Å²) in [5.74, 6) is -0.172. The van der Waals surface area contributed by atoms with E-state index in [1.54, 1.807) is 0 Å². The van der Waals surface area contributed by atoms with Gasteiger partial charge in [-0.3, -0.25) is 4.79 Å². The number of nitrogens with one attached hydrogen (secondary N) is 1. The number of carbonyl (C=O) groups is 1. The van der Waals surface area contributed by atoms with Crippen LogP contribution in [0.5, 0.6) is 0 Å². The molecule has 1 N–H and O–H groups in total. The van der Waals surface area contributed by atoms with Crippen LogP contribution in [0.1, 0.15) is 17.5 Å². The first-order valence-electron chi connectivity index (χ1n) is 5.06. The Morgan fingerprint density at radius 2 is 2.13 bits per heavy atom. The fourth-order valence-electron chi connectivity index (χ4n) is 2.03. The lowest BCUT2D eigenvalue weighted by Crippen LogP contribution is -2.14. The Bertz CT molecular complexity index is 426. The summed E-state index contributed by atoms with van der Waals surface area (Å²) in [5.41, 5.74) is 4.09. The van der Waals surface area contributed by atoms with E-state index in [1.165, 1.54) is 17.2 Å². The molecule has 2 nitrogen and oxygen atoms in total. The maximum Gasteiger partial charge on any atom is 0.247 e. The summed E-state index contributed by atoms with van der Waals surface area (Å²) >= 11 is 0. The first-order valence-corrected chi connectivity index (χ1v) is 5.06. The molecule has 0 fully saturated rings. The van der Waals surface area contributed by atoms with Crippen molar-refractivity contribution in [1.29, 1.82) is 0 Å². The Morgan fingerprint density at radius 3 is 2.87 bits per heavy atom. The Hall–Kier alpha value is -1.51. The third kappa shape index (κ3) is 1.82. The van der Waals surface area contributed by atoms with Gasteiger partial charge in [-0.05, 0) is 42.5 Å². The molecule has 2 rings (SSSR count). The molecule has 1 aromatic rings. The lowest BCUT2D eigenvalue weighted by molar-refractivity contribution is -0.111. The number of amides is 1. The van der Waals surface area contributed by atoms with Crippen LogP contribution in [-0.4, -0.2) is 13.8 Å². The summed E-state index contributed by atoms with van der Waals surface area (Å²) in [4.78, 5) is 11.2. The van der Waals surface area contributed by atoms with Crippen molar-refractivity contribution in [2.24, 2.45) is 0 Å².